The summed E-state index contributed by atoms with van der Waals surface area (Å²) in [6, 6.07) is 6.09. The molecule has 0 saturated heterocycles. The lowest BCUT2D eigenvalue weighted by Gasteiger charge is -2.28. The SMILES string of the molecule is CC(c1ccc(F)cc1)N(C)C(=O)CN(C)CC(O)C1CC1. The molecule has 0 radical (unpaired) electrons. The van der Waals surface area contributed by atoms with Gasteiger partial charge in [0.05, 0.1) is 18.7 Å². The zero-order valence-corrected chi connectivity index (χ0v) is 13.5. The van der Waals surface area contributed by atoms with Crippen LogP contribution in [0.2, 0.25) is 0 Å². The van der Waals surface area contributed by atoms with E-state index in [1.807, 2.05) is 18.9 Å². The van der Waals surface area contributed by atoms with Crippen LogP contribution in [0.15, 0.2) is 24.3 Å². The fraction of sp³-hybridized carbons (Fsp3) is 0.588. The molecule has 5 heteroatoms. The maximum Gasteiger partial charge on any atom is 0.236 e. The van der Waals surface area contributed by atoms with Gasteiger partial charge in [-0.3, -0.25) is 9.69 Å². The molecule has 0 bridgehead atoms. The van der Waals surface area contributed by atoms with Crippen LogP contribution in [-0.2, 0) is 4.79 Å². The lowest BCUT2D eigenvalue weighted by molar-refractivity contribution is -0.133. The summed E-state index contributed by atoms with van der Waals surface area (Å²) in [6.45, 7) is 2.71. The zero-order valence-electron chi connectivity index (χ0n) is 13.5. The van der Waals surface area contributed by atoms with Crippen LogP contribution in [0.25, 0.3) is 0 Å². The third-order valence-corrected chi connectivity index (χ3v) is 4.40. The van der Waals surface area contributed by atoms with Gasteiger partial charge >= 0.3 is 0 Å². The number of nitrogens with zero attached hydrogens (tertiary/aromatic N) is 2. The van der Waals surface area contributed by atoms with E-state index in [0.29, 0.717) is 12.5 Å². The molecule has 122 valence electrons. The first-order chi connectivity index (χ1) is 10.4. The summed E-state index contributed by atoms with van der Waals surface area (Å²) in [5.41, 5.74) is 0.901. The van der Waals surface area contributed by atoms with Gasteiger partial charge in [-0.1, -0.05) is 12.1 Å². The minimum Gasteiger partial charge on any atom is -0.392 e. The molecule has 1 aromatic carbocycles. The van der Waals surface area contributed by atoms with E-state index in [1.54, 1.807) is 24.1 Å². The van der Waals surface area contributed by atoms with Crippen molar-refractivity contribution in [3.05, 3.63) is 35.6 Å². The first kappa shape index (κ1) is 16.9. The molecule has 0 heterocycles. The lowest BCUT2D eigenvalue weighted by atomic mass is 10.1. The number of likely N-dealkylation sites (N-methyl/N-ethyl adjacent to an activating group) is 2. The number of halogens is 1. The van der Waals surface area contributed by atoms with Crippen LogP contribution in [-0.4, -0.2) is 54.1 Å². The Kier molecular flexibility index (Phi) is 5.53. The number of rotatable bonds is 7. The molecule has 4 nitrogen and oxygen atoms in total. The molecule has 2 unspecified atom stereocenters. The molecule has 0 spiro atoms. The Morgan fingerprint density at radius 3 is 2.45 bits per heavy atom. The molecule has 2 atom stereocenters. The van der Waals surface area contributed by atoms with E-state index in [9.17, 15) is 14.3 Å². The molecule has 1 N–H and O–H groups in total. The normalized spacial score (nSPS) is 17.4. The fourth-order valence-electron chi connectivity index (χ4n) is 2.54. The average Bonchev–Trinajstić information content (AvgIpc) is 3.30. The second-order valence-corrected chi connectivity index (χ2v) is 6.33. The standard InChI is InChI=1S/C17H25FN2O2/c1-12(13-6-8-15(18)9-7-13)20(3)17(22)11-19(2)10-16(21)14-4-5-14/h6-9,12,14,16,21H,4-5,10-11H2,1-3H3. The van der Waals surface area contributed by atoms with Crippen molar-refractivity contribution < 1.29 is 14.3 Å². The zero-order chi connectivity index (χ0) is 16.3. The van der Waals surface area contributed by atoms with Gasteiger partial charge in [-0.15, -0.1) is 0 Å². The second kappa shape index (κ2) is 7.20. The predicted molar refractivity (Wildman–Crippen MR) is 83.8 cm³/mol. The van der Waals surface area contributed by atoms with Gasteiger partial charge in [-0.2, -0.15) is 0 Å². The predicted octanol–water partition coefficient (Wildman–Crippen LogP) is 2.05. The van der Waals surface area contributed by atoms with E-state index in [1.165, 1.54) is 12.1 Å². The van der Waals surface area contributed by atoms with E-state index < -0.39 is 0 Å². The summed E-state index contributed by atoms with van der Waals surface area (Å²) < 4.78 is 13.0. The van der Waals surface area contributed by atoms with Crippen LogP contribution in [0.1, 0.15) is 31.4 Å². The Balaban J connectivity index is 1.86. The Bertz CT molecular complexity index is 502. The molecule has 1 aliphatic carbocycles. The van der Waals surface area contributed by atoms with Crippen molar-refractivity contribution in [1.82, 2.24) is 9.80 Å². The van der Waals surface area contributed by atoms with Gasteiger partial charge in [0.25, 0.3) is 0 Å². The van der Waals surface area contributed by atoms with Gasteiger partial charge in [0.2, 0.25) is 5.91 Å². The van der Waals surface area contributed by atoms with Crippen LogP contribution in [0.3, 0.4) is 0 Å². The highest BCUT2D eigenvalue weighted by atomic mass is 19.1. The number of carbonyl (C=O) groups is 1. The highest BCUT2D eigenvalue weighted by molar-refractivity contribution is 5.78. The van der Waals surface area contributed by atoms with Crippen LogP contribution in [0.5, 0.6) is 0 Å². The van der Waals surface area contributed by atoms with Crippen molar-refractivity contribution in [2.24, 2.45) is 5.92 Å². The minimum absolute atomic E-state index is 0.0117. The molecular formula is C17H25FN2O2. The highest BCUT2D eigenvalue weighted by Crippen LogP contribution is 2.32. The first-order valence-electron chi connectivity index (χ1n) is 7.76. The summed E-state index contributed by atoms with van der Waals surface area (Å²) in [7, 11) is 3.60. The molecule has 22 heavy (non-hydrogen) atoms. The van der Waals surface area contributed by atoms with Crippen molar-refractivity contribution in [3.63, 3.8) is 0 Å². The van der Waals surface area contributed by atoms with Crippen molar-refractivity contribution >= 4 is 5.91 Å². The Labute approximate surface area is 131 Å². The van der Waals surface area contributed by atoms with E-state index in [0.717, 1.165) is 18.4 Å². The summed E-state index contributed by atoms with van der Waals surface area (Å²) in [5, 5.41) is 9.92. The van der Waals surface area contributed by atoms with Crippen LogP contribution in [0.4, 0.5) is 4.39 Å². The number of aliphatic hydroxyl groups is 1. The van der Waals surface area contributed by atoms with Crippen LogP contribution < -0.4 is 0 Å². The van der Waals surface area contributed by atoms with Gasteiger partial charge in [0.1, 0.15) is 5.82 Å². The highest BCUT2D eigenvalue weighted by Gasteiger charge is 2.30. The molecule has 1 saturated carbocycles. The van der Waals surface area contributed by atoms with E-state index >= 15 is 0 Å². The molecular weight excluding hydrogens is 283 g/mol. The van der Waals surface area contributed by atoms with E-state index in [-0.39, 0.29) is 30.4 Å². The average molecular weight is 308 g/mol. The number of aliphatic hydroxyl groups excluding tert-OH is 1. The topological polar surface area (TPSA) is 43.8 Å². The Hall–Kier alpha value is -1.46. The lowest BCUT2D eigenvalue weighted by Crippen LogP contribution is -2.40. The Morgan fingerprint density at radius 1 is 1.32 bits per heavy atom. The van der Waals surface area contributed by atoms with Gasteiger partial charge < -0.3 is 10.0 Å². The molecule has 2 rings (SSSR count). The number of hydrogen-bond acceptors (Lipinski definition) is 3. The summed E-state index contributed by atoms with van der Waals surface area (Å²) in [5.74, 6) is 0.120. The van der Waals surface area contributed by atoms with Gasteiger partial charge in [0, 0.05) is 13.6 Å². The molecule has 1 aliphatic rings. The number of hydrogen-bond donors (Lipinski definition) is 1. The third kappa shape index (κ3) is 4.52. The van der Waals surface area contributed by atoms with Gasteiger partial charge in [-0.05, 0) is 50.4 Å². The molecule has 1 amide bonds. The first-order valence-corrected chi connectivity index (χ1v) is 7.76. The van der Waals surface area contributed by atoms with Crippen molar-refractivity contribution in [1.29, 1.82) is 0 Å². The third-order valence-electron chi connectivity index (χ3n) is 4.40. The summed E-state index contributed by atoms with van der Waals surface area (Å²) in [6.07, 6.45) is 1.84. The minimum atomic E-state index is -0.336. The maximum atomic E-state index is 13.0. The summed E-state index contributed by atoms with van der Waals surface area (Å²) in [4.78, 5) is 15.9. The molecule has 0 aromatic heterocycles. The van der Waals surface area contributed by atoms with Gasteiger partial charge in [-0.25, -0.2) is 4.39 Å². The van der Waals surface area contributed by atoms with E-state index in [4.69, 9.17) is 0 Å². The van der Waals surface area contributed by atoms with Gasteiger partial charge in [0.15, 0.2) is 0 Å². The van der Waals surface area contributed by atoms with E-state index in [2.05, 4.69) is 0 Å². The molecule has 1 fully saturated rings. The smallest absolute Gasteiger partial charge is 0.236 e. The fourth-order valence-corrected chi connectivity index (χ4v) is 2.54. The van der Waals surface area contributed by atoms with Crippen LogP contribution >= 0.6 is 0 Å². The number of amides is 1. The molecule has 1 aromatic rings. The summed E-state index contributed by atoms with van der Waals surface area (Å²) >= 11 is 0. The van der Waals surface area contributed by atoms with Crippen molar-refractivity contribution in [3.8, 4) is 0 Å². The molecule has 0 aliphatic heterocycles. The quantitative estimate of drug-likeness (QED) is 0.838. The Morgan fingerprint density at radius 2 is 1.91 bits per heavy atom. The monoisotopic (exact) mass is 308 g/mol. The van der Waals surface area contributed by atoms with Crippen LogP contribution in [0, 0.1) is 11.7 Å². The second-order valence-electron chi connectivity index (χ2n) is 6.33. The van der Waals surface area contributed by atoms with Crippen molar-refractivity contribution in [2.75, 3.05) is 27.2 Å². The largest absolute Gasteiger partial charge is 0.392 e. The van der Waals surface area contributed by atoms with Crippen molar-refractivity contribution in [2.45, 2.75) is 31.9 Å². The number of benzene rings is 1. The number of carbonyl (C=O) groups excluding carboxylic acids is 1. The maximum absolute atomic E-state index is 13.0.